The largest absolute Gasteiger partial charge is 0.399 e. The summed E-state index contributed by atoms with van der Waals surface area (Å²) in [6, 6.07) is 5.22. The van der Waals surface area contributed by atoms with Crippen LogP contribution in [-0.4, -0.2) is 15.5 Å². The van der Waals surface area contributed by atoms with Gasteiger partial charge in [-0.15, -0.1) is 0 Å². The quantitative estimate of drug-likeness (QED) is 0.832. The van der Waals surface area contributed by atoms with Crippen molar-refractivity contribution in [1.82, 2.24) is 9.55 Å². The number of imidazole rings is 1. The van der Waals surface area contributed by atoms with Crippen molar-refractivity contribution in [3.05, 3.63) is 40.9 Å². The molecule has 1 amide bonds. The predicted molar refractivity (Wildman–Crippen MR) is 69.7 cm³/mol. The molecule has 0 saturated carbocycles. The van der Waals surface area contributed by atoms with Crippen molar-refractivity contribution in [2.75, 3.05) is 11.1 Å². The van der Waals surface area contributed by atoms with Crippen molar-refractivity contribution in [2.24, 2.45) is 7.05 Å². The maximum atomic E-state index is 11.8. The van der Waals surface area contributed by atoms with Crippen LogP contribution in [0.3, 0.4) is 0 Å². The van der Waals surface area contributed by atoms with Gasteiger partial charge in [-0.3, -0.25) is 4.79 Å². The van der Waals surface area contributed by atoms with E-state index in [1.165, 1.54) is 0 Å². The molecule has 0 aliphatic heterocycles. The Morgan fingerprint density at radius 1 is 1.53 bits per heavy atom. The van der Waals surface area contributed by atoms with Gasteiger partial charge in [0.05, 0.1) is 12.0 Å². The molecule has 0 fully saturated rings. The molecule has 0 saturated heterocycles. The molecule has 1 aromatic carbocycles. The normalized spacial score (nSPS) is 10.2. The highest BCUT2D eigenvalue weighted by atomic mass is 79.9. The Morgan fingerprint density at radius 2 is 2.29 bits per heavy atom. The Bertz CT molecular complexity index is 564. The Morgan fingerprint density at radius 3 is 2.94 bits per heavy atom. The first-order valence-electron chi connectivity index (χ1n) is 4.90. The first kappa shape index (κ1) is 11.7. The van der Waals surface area contributed by atoms with Crippen LogP contribution in [-0.2, 0) is 7.05 Å². The van der Waals surface area contributed by atoms with Crippen molar-refractivity contribution in [1.29, 1.82) is 0 Å². The van der Waals surface area contributed by atoms with Gasteiger partial charge in [-0.25, -0.2) is 4.98 Å². The van der Waals surface area contributed by atoms with Crippen molar-refractivity contribution in [3.63, 3.8) is 0 Å². The van der Waals surface area contributed by atoms with Gasteiger partial charge in [0.2, 0.25) is 0 Å². The number of benzene rings is 1. The number of aryl methyl sites for hydroxylation is 1. The SMILES string of the molecule is Cn1cnc(C(=O)Nc2cc(N)ccc2Br)c1. The molecule has 2 rings (SSSR count). The monoisotopic (exact) mass is 294 g/mol. The number of nitrogens with two attached hydrogens (primary N) is 1. The number of carbonyl (C=O) groups excluding carboxylic acids is 1. The maximum Gasteiger partial charge on any atom is 0.275 e. The lowest BCUT2D eigenvalue weighted by atomic mass is 10.3. The Hall–Kier alpha value is -1.82. The Kier molecular flexibility index (Phi) is 3.14. The fraction of sp³-hybridized carbons (Fsp3) is 0.0909. The molecule has 0 spiro atoms. The minimum atomic E-state index is -0.267. The first-order valence-corrected chi connectivity index (χ1v) is 5.70. The van der Waals surface area contributed by atoms with E-state index in [4.69, 9.17) is 5.73 Å². The summed E-state index contributed by atoms with van der Waals surface area (Å²) >= 11 is 3.34. The number of carbonyl (C=O) groups is 1. The third kappa shape index (κ3) is 2.65. The Labute approximate surface area is 107 Å². The van der Waals surface area contributed by atoms with Gasteiger partial charge in [-0.2, -0.15) is 0 Å². The van der Waals surface area contributed by atoms with Crippen LogP contribution in [0, 0.1) is 0 Å². The minimum absolute atomic E-state index is 0.267. The van der Waals surface area contributed by atoms with Gasteiger partial charge in [0.25, 0.3) is 5.91 Å². The standard InChI is InChI=1S/C11H11BrN4O/c1-16-5-10(14-6-16)11(17)15-9-4-7(13)2-3-8(9)12/h2-6H,13H2,1H3,(H,15,17). The number of nitrogens with zero attached hydrogens (tertiary/aromatic N) is 2. The van der Waals surface area contributed by atoms with E-state index in [2.05, 4.69) is 26.2 Å². The number of hydrogen-bond acceptors (Lipinski definition) is 3. The lowest BCUT2D eigenvalue weighted by molar-refractivity contribution is 0.102. The molecule has 5 nitrogen and oxygen atoms in total. The number of rotatable bonds is 2. The third-order valence-electron chi connectivity index (χ3n) is 2.18. The summed E-state index contributed by atoms with van der Waals surface area (Å²) in [4.78, 5) is 15.8. The maximum absolute atomic E-state index is 11.8. The molecule has 17 heavy (non-hydrogen) atoms. The van der Waals surface area contributed by atoms with Crippen LogP contribution in [0.25, 0.3) is 0 Å². The average molecular weight is 295 g/mol. The Balaban J connectivity index is 2.21. The van der Waals surface area contributed by atoms with E-state index in [1.54, 1.807) is 42.3 Å². The molecule has 88 valence electrons. The predicted octanol–water partition coefficient (Wildman–Crippen LogP) is 2.02. The fourth-order valence-electron chi connectivity index (χ4n) is 1.36. The minimum Gasteiger partial charge on any atom is -0.399 e. The van der Waals surface area contributed by atoms with Crippen LogP contribution in [0.4, 0.5) is 11.4 Å². The molecule has 0 aliphatic rings. The van der Waals surface area contributed by atoms with Gasteiger partial charge in [0.15, 0.2) is 0 Å². The second-order valence-electron chi connectivity index (χ2n) is 3.62. The van der Waals surface area contributed by atoms with Gasteiger partial charge >= 0.3 is 0 Å². The molecule has 1 heterocycles. The van der Waals surface area contributed by atoms with Crippen LogP contribution in [0.15, 0.2) is 35.2 Å². The van der Waals surface area contributed by atoms with E-state index in [0.717, 1.165) is 4.47 Å². The molecular weight excluding hydrogens is 284 g/mol. The highest BCUT2D eigenvalue weighted by Crippen LogP contribution is 2.24. The van der Waals surface area contributed by atoms with Crippen molar-refractivity contribution in [2.45, 2.75) is 0 Å². The summed E-state index contributed by atoms with van der Waals surface area (Å²) in [6.45, 7) is 0. The summed E-state index contributed by atoms with van der Waals surface area (Å²) < 4.78 is 2.49. The zero-order valence-corrected chi connectivity index (χ0v) is 10.7. The molecule has 1 aromatic heterocycles. The molecule has 0 radical (unpaired) electrons. The van der Waals surface area contributed by atoms with Crippen LogP contribution in [0.5, 0.6) is 0 Å². The number of halogens is 1. The van der Waals surface area contributed by atoms with Crippen molar-refractivity contribution in [3.8, 4) is 0 Å². The third-order valence-corrected chi connectivity index (χ3v) is 2.87. The molecule has 2 aromatic rings. The summed E-state index contributed by atoms with van der Waals surface area (Å²) in [5.74, 6) is -0.267. The van der Waals surface area contributed by atoms with Crippen LogP contribution in [0.2, 0.25) is 0 Å². The number of aromatic nitrogens is 2. The van der Waals surface area contributed by atoms with Gasteiger partial charge < -0.3 is 15.6 Å². The smallest absolute Gasteiger partial charge is 0.275 e. The summed E-state index contributed by atoms with van der Waals surface area (Å²) in [7, 11) is 1.81. The number of anilines is 2. The second kappa shape index (κ2) is 4.58. The molecule has 3 N–H and O–H groups in total. The zero-order chi connectivity index (χ0) is 12.4. The van der Waals surface area contributed by atoms with Crippen LogP contribution < -0.4 is 11.1 Å². The van der Waals surface area contributed by atoms with E-state index in [9.17, 15) is 4.79 Å². The first-order chi connectivity index (χ1) is 8.06. The molecule has 0 atom stereocenters. The fourth-order valence-corrected chi connectivity index (χ4v) is 1.70. The number of nitrogen functional groups attached to an aromatic ring is 1. The number of nitrogens with one attached hydrogen (secondary N) is 1. The van der Waals surface area contributed by atoms with E-state index in [0.29, 0.717) is 17.1 Å². The van der Waals surface area contributed by atoms with Gasteiger partial charge in [0.1, 0.15) is 5.69 Å². The van der Waals surface area contributed by atoms with Crippen molar-refractivity contribution < 1.29 is 4.79 Å². The molecule has 0 aliphatic carbocycles. The highest BCUT2D eigenvalue weighted by molar-refractivity contribution is 9.10. The van der Waals surface area contributed by atoms with Crippen LogP contribution >= 0.6 is 15.9 Å². The lowest BCUT2D eigenvalue weighted by Gasteiger charge is -2.06. The highest BCUT2D eigenvalue weighted by Gasteiger charge is 2.10. The van der Waals surface area contributed by atoms with E-state index < -0.39 is 0 Å². The zero-order valence-electron chi connectivity index (χ0n) is 9.14. The summed E-state index contributed by atoms with van der Waals surface area (Å²) in [6.07, 6.45) is 3.22. The van der Waals surface area contributed by atoms with Crippen molar-refractivity contribution >= 4 is 33.2 Å². The molecule has 6 heteroatoms. The van der Waals surface area contributed by atoms with Gasteiger partial charge in [-0.05, 0) is 34.1 Å². The van der Waals surface area contributed by atoms with E-state index in [1.807, 2.05) is 0 Å². The number of amides is 1. The molecule has 0 unspecified atom stereocenters. The summed E-state index contributed by atoms with van der Waals surface area (Å²) in [5, 5.41) is 2.74. The van der Waals surface area contributed by atoms with E-state index >= 15 is 0 Å². The summed E-state index contributed by atoms with van der Waals surface area (Å²) in [5.41, 5.74) is 7.23. The second-order valence-corrected chi connectivity index (χ2v) is 4.47. The van der Waals surface area contributed by atoms with Gasteiger partial charge in [0, 0.05) is 23.4 Å². The van der Waals surface area contributed by atoms with Crippen LogP contribution in [0.1, 0.15) is 10.5 Å². The molecule has 0 bridgehead atoms. The van der Waals surface area contributed by atoms with E-state index in [-0.39, 0.29) is 5.91 Å². The molecular formula is C11H11BrN4O. The number of hydrogen-bond donors (Lipinski definition) is 2. The van der Waals surface area contributed by atoms with Gasteiger partial charge in [-0.1, -0.05) is 0 Å². The topological polar surface area (TPSA) is 72.9 Å². The average Bonchev–Trinajstić information content (AvgIpc) is 2.70. The lowest BCUT2D eigenvalue weighted by Crippen LogP contribution is -2.12.